The third-order valence-corrected chi connectivity index (χ3v) is 5.85. The first-order valence-corrected chi connectivity index (χ1v) is 10.8. The molecule has 6 nitrogen and oxygen atoms in total. The number of nitrogens with zero attached hydrogens (tertiary/aromatic N) is 6. The molecule has 0 saturated carbocycles. The summed E-state index contributed by atoms with van der Waals surface area (Å²) in [6, 6.07) is 16.6. The van der Waals surface area contributed by atoms with E-state index in [0.717, 1.165) is 47.8 Å². The number of hydrogen-bond acceptors (Lipinski definition) is 5. The summed E-state index contributed by atoms with van der Waals surface area (Å²) >= 11 is 0. The Balaban J connectivity index is 1.43. The number of imidazole rings is 1. The van der Waals surface area contributed by atoms with E-state index in [1.54, 1.807) is 6.20 Å². The monoisotopic (exact) mass is 422 g/mol. The molecular weight excluding hydrogens is 396 g/mol. The normalized spacial score (nSPS) is 15.1. The summed E-state index contributed by atoms with van der Waals surface area (Å²) in [6.07, 6.45) is 8.68. The Hall–Kier alpha value is -3.93. The average Bonchev–Trinajstić information content (AvgIpc) is 3.42. The number of pyridine rings is 1. The van der Waals surface area contributed by atoms with Crippen LogP contribution in [0.15, 0.2) is 91.0 Å². The molecule has 0 bridgehead atoms. The lowest BCUT2D eigenvalue weighted by molar-refractivity contribution is 0.841. The zero-order chi connectivity index (χ0) is 22.1. The molecule has 1 aliphatic heterocycles. The Labute approximate surface area is 188 Å². The fraction of sp³-hybridized carbons (Fsp3) is 0.192. The highest BCUT2D eigenvalue weighted by Gasteiger charge is 2.20. The zero-order valence-electron chi connectivity index (χ0n) is 18.4. The van der Waals surface area contributed by atoms with E-state index < -0.39 is 0 Å². The van der Waals surface area contributed by atoms with Crippen LogP contribution in [-0.2, 0) is 6.54 Å². The van der Waals surface area contributed by atoms with Gasteiger partial charge in [0.25, 0.3) is 0 Å². The van der Waals surface area contributed by atoms with Gasteiger partial charge < -0.3 is 9.80 Å². The molecule has 1 aliphatic rings. The van der Waals surface area contributed by atoms with E-state index in [9.17, 15) is 0 Å². The van der Waals surface area contributed by atoms with Crippen molar-refractivity contribution in [3.8, 4) is 11.3 Å². The standard InChI is InChI=1S/C26H26N6/c1-4-22-14-19(2)17-31(22)23-9-7-21(8-10-23)24-16-28-25-11-12-26(29-32(24)25)30(3)18-20-6-5-13-27-15-20/h4-13,15-16H,2,14,17-18H2,1,3H3/b22-4-. The van der Waals surface area contributed by atoms with Gasteiger partial charge in [-0.3, -0.25) is 4.98 Å². The van der Waals surface area contributed by atoms with Gasteiger partial charge in [0.2, 0.25) is 0 Å². The maximum atomic E-state index is 4.87. The van der Waals surface area contributed by atoms with Crippen molar-refractivity contribution in [2.45, 2.75) is 19.9 Å². The molecule has 6 heteroatoms. The largest absolute Gasteiger partial charge is 0.354 e. The summed E-state index contributed by atoms with van der Waals surface area (Å²) in [4.78, 5) is 13.2. The van der Waals surface area contributed by atoms with Crippen LogP contribution in [0, 0.1) is 0 Å². The van der Waals surface area contributed by atoms with Gasteiger partial charge in [0.15, 0.2) is 5.65 Å². The second kappa shape index (κ2) is 8.30. The second-order valence-corrected chi connectivity index (χ2v) is 8.16. The van der Waals surface area contributed by atoms with E-state index in [2.05, 4.69) is 69.7 Å². The molecule has 0 N–H and O–H groups in total. The lowest BCUT2D eigenvalue weighted by atomic mass is 10.1. The van der Waals surface area contributed by atoms with Gasteiger partial charge in [-0.1, -0.05) is 36.4 Å². The highest BCUT2D eigenvalue weighted by Crippen LogP contribution is 2.32. The molecule has 4 heterocycles. The predicted molar refractivity (Wildman–Crippen MR) is 130 cm³/mol. The molecule has 0 atom stereocenters. The lowest BCUT2D eigenvalue weighted by Gasteiger charge is -2.20. The van der Waals surface area contributed by atoms with Crippen LogP contribution in [0.3, 0.4) is 0 Å². The molecule has 0 aliphatic carbocycles. The van der Waals surface area contributed by atoms with Crippen molar-refractivity contribution in [2.24, 2.45) is 0 Å². The lowest BCUT2D eigenvalue weighted by Crippen LogP contribution is -2.18. The highest BCUT2D eigenvalue weighted by atomic mass is 15.3. The minimum Gasteiger partial charge on any atom is -0.354 e. The Morgan fingerprint density at radius 2 is 1.94 bits per heavy atom. The van der Waals surface area contributed by atoms with Crippen LogP contribution >= 0.6 is 0 Å². The van der Waals surface area contributed by atoms with E-state index in [-0.39, 0.29) is 0 Å². The summed E-state index contributed by atoms with van der Waals surface area (Å²) < 4.78 is 1.92. The quantitative estimate of drug-likeness (QED) is 0.419. The number of hydrogen-bond donors (Lipinski definition) is 0. The summed E-state index contributed by atoms with van der Waals surface area (Å²) in [5.74, 6) is 0.880. The SMILES string of the molecule is C=C1C/C(=C/C)N(c2ccc(-c3cnc4ccc(N(C)Cc5cccnc5)nn34)cc2)C1. The van der Waals surface area contributed by atoms with Gasteiger partial charge in [-0.2, -0.15) is 0 Å². The number of allylic oxidation sites excluding steroid dienone is 2. The topological polar surface area (TPSA) is 49.6 Å². The van der Waals surface area contributed by atoms with Crippen LogP contribution in [0.4, 0.5) is 11.5 Å². The molecule has 0 amide bonds. The van der Waals surface area contributed by atoms with Crippen molar-refractivity contribution in [1.82, 2.24) is 19.6 Å². The van der Waals surface area contributed by atoms with Gasteiger partial charge in [-0.05, 0) is 42.8 Å². The van der Waals surface area contributed by atoms with Crippen molar-refractivity contribution in [3.05, 3.63) is 96.6 Å². The van der Waals surface area contributed by atoms with E-state index in [0.29, 0.717) is 0 Å². The number of fused-ring (bicyclic) bond motifs is 1. The summed E-state index contributed by atoms with van der Waals surface area (Å²) in [7, 11) is 2.04. The van der Waals surface area contributed by atoms with E-state index in [4.69, 9.17) is 5.10 Å². The highest BCUT2D eigenvalue weighted by molar-refractivity contribution is 5.68. The molecule has 4 aromatic rings. The van der Waals surface area contributed by atoms with Crippen LogP contribution in [0.1, 0.15) is 18.9 Å². The maximum Gasteiger partial charge on any atom is 0.154 e. The van der Waals surface area contributed by atoms with Crippen molar-refractivity contribution < 1.29 is 0 Å². The minimum absolute atomic E-state index is 0.736. The van der Waals surface area contributed by atoms with Gasteiger partial charge >= 0.3 is 0 Å². The molecule has 1 fully saturated rings. The van der Waals surface area contributed by atoms with Crippen LogP contribution in [0.25, 0.3) is 16.9 Å². The third-order valence-electron chi connectivity index (χ3n) is 5.85. The molecule has 1 aromatic carbocycles. The van der Waals surface area contributed by atoms with E-state index >= 15 is 0 Å². The van der Waals surface area contributed by atoms with Crippen molar-refractivity contribution in [2.75, 3.05) is 23.4 Å². The Kier molecular flexibility index (Phi) is 5.19. The van der Waals surface area contributed by atoms with Gasteiger partial charge in [0, 0.05) is 55.9 Å². The van der Waals surface area contributed by atoms with E-state index in [1.807, 2.05) is 42.2 Å². The Morgan fingerprint density at radius 3 is 2.69 bits per heavy atom. The first-order chi connectivity index (χ1) is 15.6. The number of benzene rings is 1. The fourth-order valence-electron chi connectivity index (χ4n) is 4.17. The number of rotatable bonds is 5. The van der Waals surface area contributed by atoms with Gasteiger partial charge in [0.1, 0.15) is 5.82 Å². The molecule has 3 aromatic heterocycles. The molecule has 160 valence electrons. The third kappa shape index (κ3) is 3.75. The number of anilines is 2. The van der Waals surface area contributed by atoms with Gasteiger partial charge in [-0.15, -0.1) is 5.10 Å². The average molecular weight is 423 g/mol. The van der Waals surface area contributed by atoms with Crippen LogP contribution in [0.5, 0.6) is 0 Å². The van der Waals surface area contributed by atoms with E-state index in [1.165, 1.54) is 17.0 Å². The smallest absolute Gasteiger partial charge is 0.154 e. The molecule has 32 heavy (non-hydrogen) atoms. The molecule has 0 unspecified atom stereocenters. The summed E-state index contributed by atoms with van der Waals surface area (Å²) in [5, 5.41) is 4.87. The molecule has 0 spiro atoms. The van der Waals surface area contributed by atoms with Gasteiger partial charge in [-0.25, -0.2) is 9.50 Å². The minimum atomic E-state index is 0.736. The van der Waals surface area contributed by atoms with Crippen molar-refractivity contribution in [1.29, 1.82) is 0 Å². The summed E-state index contributed by atoms with van der Waals surface area (Å²) in [6.45, 7) is 7.86. The first-order valence-electron chi connectivity index (χ1n) is 10.8. The summed E-state index contributed by atoms with van der Waals surface area (Å²) in [5.41, 5.74) is 7.76. The molecule has 1 saturated heterocycles. The van der Waals surface area contributed by atoms with Crippen LogP contribution in [0.2, 0.25) is 0 Å². The molecule has 5 rings (SSSR count). The maximum absolute atomic E-state index is 4.87. The first kappa shape index (κ1) is 20.0. The molecular formula is C26H26N6. The van der Waals surface area contributed by atoms with Crippen molar-refractivity contribution >= 4 is 17.2 Å². The van der Waals surface area contributed by atoms with Gasteiger partial charge in [0.05, 0.1) is 11.9 Å². The van der Waals surface area contributed by atoms with Crippen molar-refractivity contribution in [3.63, 3.8) is 0 Å². The molecule has 0 radical (unpaired) electrons. The fourth-order valence-corrected chi connectivity index (χ4v) is 4.17. The zero-order valence-corrected chi connectivity index (χ0v) is 18.4. The second-order valence-electron chi connectivity index (χ2n) is 8.16. The Morgan fingerprint density at radius 1 is 1.09 bits per heavy atom. The van der Waals surface area contributed by atoms with Crippen LogP contribution in [-0.4, -0.2) is 33.2 Å². The predicted octanol–water partition coefficient (Wildman–Crippen LogP) is 5.10. The van der Waals surface area contributed by atoms with Crippen LogP contribution < -0.4 is 9.80 Å². The number of aromatic nitrogens is 4. The Bertz CT molecular complexity index is 1290.